The second kappa shape index (κ2) is 6.33. The molecule has 0 aliphatic rings. The summed E-state index contributed by atoms with van der Waals surface area (Å²) in [6.45, 7) is 2.96. The Morgan fingerprint density at radius 3 is 2.55 bits per heavy atom. The molecule has 7 heteroatoms. The first-order valence-electron chi connectivity index (χ1n) is 5.92. The van der Waals surface area contributed by atoms with Crippen LogP contribution in [0.2, 0.25) is 0 Å². The van der Waals surface area contributed by atoms with Crippen molar-refractivity contribution in [2.45, 2.75) is 26.1 Å². The maximum atomic E-state index is 13.8. The van der Waals surface area contributed by atoms with Gasteiger partial charge in [-0.25, -0.2) is 14.0 Å². The minimum atomic E-state index is -2.19. The summed E-state index contributed by atoms with van der Waals surface area (Å²) in [6, 6.07) is 0.763. The second-order valence-electron chi connectivity index (χ2n) is 4.22. The summed E-state index contributed by atoms with van der Waals surface area (Å²) in [5, 5.41) is 18.8. The van der Waals surface area contributed by atoms with Gasteiger partial charge in [-0.2, -0.15) is 0 Å². The predicted molar refractivity (Wildman–Crippen MR) is 68.3 cm³/mol. The highest BCUT2D eigenvalue weighted by molar-refractivity contribution is 5.88. The summed E-state index contributed by atoms with van der Waals surface area (Å²) in [5.74, 6) is -2.74. The topological polar surface area (TPSA) is 110 Å². The molecule has 4 N–H and O–H groups in total. The molecule has 0 aromatic heterocycles. The first-order chi connectivity index (χ1) is 9.29. The van der Waals surface area contributed by atoms with E-state index in [4.69, 9.17) is 10.8 Å². The Kier molecular flexibility index (Phi) is 5.04. The van der Waals surface area contributed by atoms with E-state index in [0.717, 1.165) is 6.07 Å². The molecule has 1 aromatic rings. The van der Waals surface area contributed by atoms with E-state index >= 15 is 0 Å². The van der Waals surface area contributed by atoms with Crippen molar-refractivity contribution in [2.24, 2.45) is 5.73 Å². The average molecular weight is 285 g/mol. The Hall–Kier alpha value is -2.15. The monoisotopic (exact) mass is 285 g/mol. The molecule has 1 unspecified atom stereocenters. The molecule has 2 atom stereocenters. The predicted octanol–water partition coefficient (Wildman–Crippen LogP) is 1.30. The number of alkyl halides is 1. The number of hydrogen-bond donors (Lipinski definition) is 3. The first kappa shape index (κ1) is 15.9. The van der Waals surface area contributed by atoms with E-state index in [2.05, 4.69) is 4.74 Å². The second-order valence-corrected chi connectivity index (χ2v) is 4.22. The maximum absolute atomic E-state index is 13.8. The first-order valence-corrected chi connectivity index (χ1v) is 5.92. The summed E-state index contributed by atoms with van der Waals surface area (Å²) in [5.41, 5.74) is 5.51. The summed E-state index contributed by atoms with van der Waals surface area (Å²) in [4.78, 5) is 22.2. The molecule has 0 saturated carbocycles. The molecule has 1 aromatic carbocycles. The fourth-order valence-electron chi connectivity index (χ4n) is 1.71. The van der Waals surface area contributed by atoms with E-state index in [1.54, 1.807) is 0 Å². The van der Waals surface area contributed by atoms with Gasteiger partial charge >= 0.3 is 11.9 Å². The molecule has 0 heterocycles. The van der Waals surface area contributed by atoms with Gasteiger partial charge in [0.05, 0.1) is 18.2 Å². The third-order valence-corrected chi connectivity index (χ3v) is 2.76. The van der Waals surface area contributed by atoms with Crippen LogP contribution >= 0.6 is 0 Å². The van der Waals surface area contributed by atoms with Crippen LogP contribution in [0, 0.1) is 6.92 Å². The van der Waals surface area contributed by atoms with Gasteiger partial charge in [-0.15, -0.1) is 0 Å². The maximum Gasteiger partial charge on any atom is 0.342 e. The molecule has 0 saturated heterocycles. The van der Waals surface area contributed by atoms with E-state index in [-0.39, 0.29) is 29.0 Å². The van der Waals surface area contributed by atoms with Crippen LogP contribution in [-0.4, -0.2) is 34.9 Å². The number of carboxylic acids is 1. The van der Waals surface area contributed by atoms with Gasteiger partial charge < -0.3 is 20.7 Å². The van der Waals surface area contributed by atoms with Crippen molar-refractivity contribution >= 4 is 11.9 Å². The number of esters is 1. The number of rotatable bonds is 5. The van der Waals surface area contributed by atoms with Gasteiger partial charge in [-0.05, 0) is 31.5 Å². The van der Waals surface area contributed by atoms with Crippen LogP contribution in [-0.2, 0) is 9.53 Å². The fraction of sp³-hybridized carbons (Fsp3) is 0.385. The standard InChI is InChI=1S/C13H16FNO5/c1-3-20-13(19)9(14)10(15)8-5-7(12(17)18)4-6(2)11(8)16/h4-5,9-10,16H,3,15H2,1-2H3,(H,17,18)/t9?,10-/m1/s1. The number of hydrogen-bond acceptors (Lipinski definition) is 5. The molecule has 0 spiro atoms. The van der Waals surface area contributed by atoms with Gasteiger partial charge in [0.2, 0.25) is 6.17 Å². The summed E-state index contributed by atoms with van der Waals surface area (Å²) >= 11 is 0. The third-order valence-electron chi connectivity index (χ3n) is 2.76. The number of carbonyl (C=O) groups is 2. The lowest BCUT2D eigenvalue weighted by molar-refractivity contribution is -0.149. The van der Waals surface area contributed by atoms with Crippen molar-refractivity contribution in [1.29, 1.82) is 0 Å². The van der Waals surface area contributed by atoms with Crippen LogP contribution in [0.4, 0.5) is 4.39 Å². The van der Waals surface area contributed by atoms with E-state index < -0.39 is 24.2 Å². The van der Waals surface area contributed by atoms with Gasteiger partial charge in [0, 0.05) is 5.56 Å². The van der Waals surface area contributed by atoms with E-state index in [0.29, 0.717) is 0 Å². The largest absolute Gasteiger partial charge is 0.507 e. The van der Waals surface area contributed by atoms with Crippen molar-refractivity contribution in [3.05, 3.63) is 28.8 Å². The SMILES string of the molecule is CCOC(=O)C(F)[C@H](N)c1cc(C(=O)O)cc(C)c1O. The number of carbonyl (C=O) groups excluding carboxylic acids is 1. The summed E-state index contributed by atoms with van der Waals surface area (Å²) < 4.78 is 18.4. The van der Waals surface area contributed by atoms with Crippen molar-refractivity contribution in [1.82, 2.24) is 0 Å². The highest BCUT2D eigenvalue weighted by atomic mass is 19.1. The molecule has 0 aliphatic carbocycles. The zero-order chi connectivity index (χ0) is 15.4. The van der Waals surface area contributed by atoms with Crippen LogP contribution in [0.1, 0.15) is 34.5 Å². The Balaban J connectivity index is 3.17. The summed E-state index contributed by atoms with van der Waals surface area (Å²) in [6.07, 6.45) is -2.19. The molecule has 6 nitrogen and oxygen atoms in total. The molecular weight excluding hydrogens is 269 g/mol. The van der Waals surface area contributed by atoms with Gasteiger partial charge in [-0.1, -0.05) is 0 Å². The minimum Gasteiger partial charge on any atom is -0.507 e. The molecule has 0 fully saturated rings. The Morgan fingerprint density at radius 1 is 1.45 bits per heavy atom. The fourth-order valence-corrected chi connectivity index (χ4v) is 1.71. The lowest BCUT2D eigenvalue weighted by Gasteiger charge is -2.18. The molecule has 20 heavy (non-hydrogen) atoms. The Morgan fingerprint density at radius 2 is 2.05 bits per heavy atom. The zero-order valence-corrected chi connectivity index (χ0v) is 11.1. The van der Waals surface area contributed by atoms with E-state index in [1.807, 2.05) is 0 Å². The molecule has 0 radical (unpaired) electrons. The lowest BCUT2D eigenvalue weighted by atomic mass is 9.97. The quantitative estimate of drug-likeness (QED) is 0.703. The van der Waals surface area contributed by atoms with Gasteiger partial charge in [0.25, 0.3) is 0 Å². The molecule has 0 amide bonds. The molecule has 0 aliphatic heterocycles. The number of aromatic hydroxyl groups is 1. The van der Waals surface area contributed by atoms with Crippen LogP contribution in [0.5, 0.6) is 5.75 Å². The van der Waals surface area contributed by atoms with Gasteiger partial charge in [0.15, 0.2) is 0 Å². The summed E-state index contributed by atoms with van der Waals surface area (Å²) in [7, 11) is 0. The number of benzene rings is 1. The van der Waals surface area contributed by atoms with Crippen LogP contribution in [0.15, 0.2) is 12.1 Å². The van der Waals surface area contributed by atoms with Crippen molar-refractivity contribution in [3.63, 3.8) is 0 Å². The highest BCUT2D eigenvalue weighted by Gasteiger charge is 2.30. The smallest absolute Gasteiger partial charge is 0.342 e. The van der Waals surface area contributed by atoms with Crippen LogP contribution < -0.4 is 5.73 Å². The van der Waals surface area contributed by atoms with Gasteiger partial charge in [0.1, 0.15) is 5.75 Å². The number of aryl methyl sites for hydroxylation is 1. The number of nitrogens with two attached hydrogens (primary N) is 1. The van der Waals surface area contributed by atoms with Crippen LogP contribution in [0.3, 0.4) is 0 Å². The average Bonchev–Trinajstić information content (AvgIpc) is 2.40. The van der Waals surface area contributed by atoms with Crippen molar-refractivity contribution in [3.8, 4) is 5.75 Å². The number of phenolic OH excluding ortho intramolecular Hbond substituents is 1. The Labute approximate surface area is 115 Å². The number of carboxylic acid groups (broad SMARTS) is 1. The molecule has 0 bridgehead atoms. The lowest BCUT2D eigenvalue weighted by Crippen LogP contribution is -2.31. The number of phenols is 1. The van der Waals surface area contributed by atoms with E-state index in [9.17, 15) is 19.1 Å². The number of aromatic carboxylic acids is 1. The van der Waals surface area contributed by atoms with Gasteiger partial charge in [-0.3, -0.25) is 0 Å². The molecule has 110 valence electrons. The third kappa shape index (κ3) is 3.24. The van der Waals surface area contributed by atoms with Crippen molar-refractivity contribution in [2.75, 3.05) is 6.61 Å². The highest BCUT2D eigenvalue weighted by Crippen LogP contribution is 2.31. The number of ether oxygens (including phenoxy) is 1. The van der Waals surface area contributed by atoms with Crippen LogP contribution in [0.25, 0.3) is 0 Å². The van der Waals surface area contributed by atoms with Crippen molar-refractivity contribution < 1.29 is 28.9 Å². The zero-order valence-electron chi connectivity index (χ0n) is 11.1. The normalized spacial score (nSPS) is 13.6. The molecule has 1 rings (SSSR count). The molecular formula is C13H16FNO5. The van der Waals surface area contributed by atoms with E-state index in [1.165, 1.54) is 19.9 Å². The minimum absolute atomic E-state index is 0.00779. The number of halogens is 1. The Bertz CT molecular complexity index is 532.